The normalized spacial score (nSPS) is 10.1. The highest BCUT2D eigenvalue weighted by Gasteiger charge is 2.16. The highest BCUT2D eigenvalue weighted by Crippen LogP contribution is 2.14. The minimum Gasteiger partial charge on any atom is -0.459 e. The minimum absolute atomic E-state index is 0.0855. The average molecular weight is 275 g/mol. The van der Waals surface area contributed by atoms with Crippen molar-refractivity contribution in [2.75, 3.05) is 6.61 Å². The lowest BCUT2D eigenvalue weighted by Crippen LogP contribution is -2.45. The number of para-hydroxylation sites is 1. The summed E-state index contributed by atoms with van der Waals surface area (Å²) < 4.78 is 4.48. The van der Waals surface area contributed by atoms with Crippen molar-refractivity contribution in [2.45, 2.75) is 6.92 Å². The number of carbonyl (C=O) groups is 3. The Morgan fingerprint density at radius 1 is 1.20 bits per heavy atom. The van der Waals surface area contributed by atoms with Gasteiger partial charge in [-0.15, -0.1) is 0 Å². The van der Waals surface area contributed by atoms with Crippen LogP contribution in [0.2, 0.25) is 0 Å². The van der Waals surface area contributed by atoms with Gasteiger partial charge in [0.05, 0.1) is 6.61 Å². The van der Waals surface area contributed by atoms with E-state index >= 15 is 0 Å². The number of hydrogen-bond donors (Lipinski definition) is 3. The number of aromatic nitrogens is 1. The Morgan fingerprint density at radius 2 is 1.95 bits per heavy atom. The predicted molar refractivity (Wildman–Crippen MR) is 70.5 cm³/mol. The number of esters is 1. The lowest BCUT2D eigenvalue weighted by molar-refractivity contribution is -0.154. The van der Waals surface area contributed by atoms with Crippen LogP contribution in [0.15, 0.2) is 30.3 Å². The summed E-state index contributed by atoms with van der Waals surface area (Å²) in [4.78, 5) is 37.0. The molecule has 1 heterocycles. The largest absolute Gasteiger partial charge is 0.459 e. The van der Waals surface area contributed by atoms with Crippen LogP contribution in [0.1, 0.15) is 17.4 Å². The van der Waals surface area contributed by atoms with Crippen molar-refractivity contribution in [2.24, 2.45) is 0 Å². The smallest absolute Gasteiger partial charge is 0.398 e. The number of carbonyl (C=O) groups excluding carboxylic acids is 3. The maximum Gasteiger partial charge on any atom is 0.398 e. The first kappa shape index (κ1) is 13.6. The summed E-state index contributed by atoms with van der Waals surface area (Å²) in [5.74, 6) is -2.64. The van der Waals surface area contributed by atoms with Gasteiger partial charge in [-0.3, -0.25) is 20.4 Å². The summed E-state index contributed by atoms with van der Waals surface area (Å²) >= 11 is 0. The first-order valence-corrected chi connectivity index (χ1v) is 5.97. The van der Waals surface area contributed by atoms with Crippen molar-refractivity contribution < 1.29 is 19.1 Å². The van der Waals surface area contributed by atoms with E-state index in [4.69, 9.17) is 0 Å². The minimum atomic E-state index is -1.05. The van der Waals surface area contributed by atoms with E-state index in [1.807, 2.05) is 29.7 Å². The molecule has 7 nitrogen and oxygen atoms in total. The summed E-state index contributed by atoms with van der Waals surface area (Å²) in [5.41, 5.74) is 5.18. The molecular weight excluding hydrogens is 262 g/mol. The quantitative estimate of drug-likeness (QED) is 0.422. The predicted octanol–water partition coefficient (Wildman–Crippen LogP) is 0.492. The molecule has 0 bridgehead atoms. The first-order valence-electron chi connectivity index (χ1n) is 5.97. The summed E-state index contributed by atoms with van der Waals surface area (Å²) in [5, 5.41) is 0.870. The van der Waals surface area contributed by atoms with Gasteiger partial charge in [0.2, 0.25) is 0 Å². The number of aromatic amines is 1. The van der Waals surface area contributed by atoms with Crippen LogP contribution in [0.3, 0.4) is 0 Å². The monoisotopic (exact) mass is 275 g/mol. The van der Waals surface area contributed by atoms with E-state index in [0.29, 0.717) is 0 Å². The third-order valence-electron chi connectivity index (χ3n) is 2.52. The fourth-order valence-electron chi connectivity index (χ4n) is 1.62. The number of rotatable bonds is 2. The van der Waals surface area contributed by atoms with Gasteiger partial charge >= 0.3 is 11.9 Å². The molecule has 1 aromatic heterocycles. The second-order valence-corrected chi connectivity index (χ2v) is 3.90. The zero-order chi connectivity index (χ0) is 14.5. The molecule has 0 saturated carbocycles. The van der Waals surface area contributed by atoms with E-state index in [0.717, 1.165) is 10.9 Å². The molecule has 1 aromatic carbocycles. The van der Waals surface area contributed by atoms with Crippen LogP contribution in [0.25, 0.3) is 10.9 Å². The number of nitrogens with one attached hydrogen (secondary N) is 3. The Hall–Kier alpha value is -2.83. The Morgan fingerprint density at radius 3 is 2.65 bits per heavy atom. The van der Waals surface area contributed by atoms with Crippen LogP contribution in [0.5, 0.6) is 0 Å². The third-order valence-corrected chi connectivity index (χ3v) is 2.52. The van der Waals surface area contributed by atoms with Gasteiger partial charge in [0.25, 0.3) is 5.91 Å². The lowest BCUT2D eigenvalue weighted by atomic mass is 10.2. The molecule has 0 aliphatic rings. The molecule has 0 radical (unpaired) electrons. The molecule has 104 valence electrons. The second kappa shape index (κ2) is 5.87. The molecule has 0 saturated heterocycles. The van der Waals surface area contributed by atoms with Crippen molar-refractivity contribution in [3.05, 3.63) is 36.0 Å². The van der Waals surface area contributed by atoms with Crippen LogP contribution < -0.4 is 10.9 Å². The highest BCUT2D eigenvalue weighted by molar-refractivity contribution is 6.32. The number of benzene rings is 1. The van der Waals surface area contributed by atoms with E-state index in [9.17, 15) is 14.4 Å². The standard InChI is InChI=1S/C13H13N3O4/c1-2-20-13(19)12(18)16-15-11(17)10-7-8-5-3-4-6-9(8)14-10/h3-7,14H,2H2,1H3,(H,15,17)(H,16,18). The molecule has 20 heavy (non-hydrogen) atoms. The van der Waals surface area contributed by atoms with Crippen molar-refractivity contribution >= 4 is 28.7 Å². The molecule has 0 unspecified atom stereocenters. The van der Waals surface area contributed by atoms with Crippen molar-refractivity contribution in [3.8, 4) is 0 Å². The number of H-pyrrole nitrogens is 1. The van der Waals surface area contributed by atoms with Gasteiger partial charge in [0.15, 0.2) is 0 Å². The van der Waals surface area contributed by atoms with Crippen LogP contribution in [0, 0.1) is 0 Å². The van der Waals surface area contributed by atoms with Gasteiger partial charge in [-0.2, -0.15) is 0 Å². The summed E-state index contributed by atoms with van der Waals surface area (Å²) in [6, 6.07) is 8.99. The lowest BCUT2D eigenvalue weighted by Gasteiger charge is -2.05. The fourth-order valence-corrected chi connectivity index (χ4v) is 1.62. The van der Waals surface area contributed by atoms with Gasteiger partial charge in [-0.25, -0.2) is 4.79 Å². The maximum absolute atomic E-state index is 11.8. The SMILES string of the molecule is CCOC(=O)C(=O)NNC(=O)c1cc2ccccc2[nH]1. The molecule has 0 aliphatic heterocycles. The Kier molecular flexibility index (Phi) is 3.99. The average Bonchev–Trinajstić information content (AvgIpc) is 2.88. The van der Waals surface area contributed by atoms with Crippen molar-refractivity contribution in [1.82, 2.24) is 15.8 Å². The van der Waals surface area contributed by atoms with Crippen LogP contribution in [-0.4, -0.2) is 29.4 Å². The zero-order valence-corrected chi connectivity index (χ0v) is 10.7. The Balaban J connectivity index is 1.98. The number of hydrogen-bond acceptors (Lipinski definition) is 4. The fraction of sp³-hybridized carbons (Fsp3) is 0.154. The van der Waals surface area contributed by atoms with Gasteiger partial charge in [0, 0.05) is 10.9 Å². The first-order chi connectivity index (χ1) is 9.61. The molecule has 2 rings (SSSR count). The van der Waals surface area contributed by atoms with Gasteiger partial charge in [-0.05, 0) is 19.1 Å². The highest BCUT2D eigenvalue weighted by atomic mass is 16.5. The number of amides is 2. The van der Waals surface area contributed by atoms with E-state index in [1.54, 1.807) is 13.0 Å². The Bertz CT molecular complexity index is 629. The van der Waals surface area contributed by atoms with Crippen molar-refractivity contribution in [1.29, 1.82) is 0 Å². The molecule has 2 aromatic rings. The summed E-state index contributed by atoms with van der Waals surface area (Å²) in [6.45, 7) is 1.66. The summed E-state index contributed by atoms with van der Waals surface area (Å²) in [7, 11) is 0. The second-order valence-electron chi connectivity index (χ2n) is 3.90. The van der Waals surface area contributed by atoms with E-state index in [-0.39, 0.29) is 12.3 Å². The summed E-state index contributed by atoms with van der Waals surface area (Å²) in [6.07, 6.45) is 0. The molecule has 0 atom stereocenters. The van der Waals surface area contributed by atoms with Gasteiger partial charge < -0.3 is 9.72 Å². The van der Waals surface area contributed by atoms with Gasteiger partial charge in [0.1, 0.15) is 5.69 Å². The zero-order valence-electron chi connectivity index (χ0n) is 10.7. The van der Waals surface area contributed by atoms with E-state index < -0.39 is 17.8 Å². The molecule has 0 spiro atoms. The topological polar surface area (TPSA) is 100 Å². The number of fused-ring (bicyclic) bond motifs is 1. The Labute approximate surface area is 114 Å². The van der Waals surface area contributed by atoms with E-state index in [2.05, 4.69) is 15.1 Å². The molecule has 0 aliphatic carbocycles. The van der Waals surface area contributed by atoms with E-state index in [1.165, 1.54) is 0 Å². The van der Waals surface area contributed by atoms with Gasteiger partial charge in [-0.1, -0.05) is 18.2 Å². The van der Waals surface area contributed by atoms with Crippen LogP contribution in [-0.2, 0) is 14.3 Å². The number of hydrazine groups is 1. The molecule has 7 heteroatoms. The number of ether oxygens (including phenoxy) is 1. The maximum atomic E-state index is 11.8. The molecule has 0 fully saturated rings. The molecule has 2 amide bonds. The van der Waals surface area contributed by atoms with Crippen LogP contribution >= 0.6 is 0 Å². The van der Waals surface area contributed by atoms with Crippen molar-refractivity contribution in [3.63, 3.8) is 0 Å². The van der Waals surface area contributed by atoms with Crippen LogP contribution in [0.4, 0.5) is 0 Å². The molecular formula is C13H13N3O4. The third kappa shape index (κ3) is 2.94. The molecule has 3 N–H and O–H groups in total.